The predicted octanol–water partition coefficient (Wildman–Crippen LogP) is 3.95. The van der Waals surface area contributed by atoms with Gasteiger partial charge in [-0.3, -0.25) is 4.57 Å². The topological polar surface area (TPSA) is 92.2 Å². The first-order valence-corrected chi connectivity index (χ1v) is 11.8. The van der Waals surface area contributed by atoms with Gasteiger partial charge in [-0.25, -0.2) is 14.8 Å². The predicted molar refractivity (Wildman–Crippen MR) is 129 cm³/mol. The van der Waals surface area contributed by atoms with Gasteiger partial charge in [-0.1, -0.05) is 0 Å². The Morgan fingerprint density at radius 3 is 2.59 bits per heavy atom. The molecule has 1 amide bonds. The molecule has 34 heavy (non-hydrogen) atoms. The largest absolute Gasteiger partial charge is 0.444 e. The number of hydrogen-bond donors (Lipinski definition) is 0. The van der Waals surface area contributed by atoms with Crippen molar-refractivity contribution in [2.45, 2.75) is 58.1 Å². The molecule has 0 spiro atoms. The number of amides is 1. The Labute approximate surface area is 199 Å². The third-order valence-electron chi connectivity index (χ3n) is 6.62. The molecule has 5 rings (SSSR count). The maximum atomic E-state index is 12.6. The molecule has 1 aliphatic carbocycles. The molecule has 1 aliphatic heterocycles. The molecule has 0 bridgehead atoms. The molecule has 0 aromatic carbocycles. The van der Waals surface area contributed by atoms with Crippen molar-refractivity contribution in [1.29, 1.82) is 5.26 Å². The van der Waals surface area contributed by atoms with E-state index in [-0.39, 0.29) is 12.1 Å². The second kappa shape index (κ2) is 8.05. The van der Waals surface area contributed by atoms with Crippen molar-refractivity contribution < 1.29 is 9.53 Å². The Morgan fingerprint density at radius 1 is 1.21 bits per heavy atom. The van der Waals surface area contributed by atoms with Gasteiger partial charge in [-0.2, -0.15) is 5.26 Å². The molecule has 3 aromatic rings. The summed E-state index contributed by atoms with van der Waals surface area (Å²) in [5.74, 6) is 2.32. The Morgan fingerprint density at radius 2 is 1.97 bits per heavy atom. The van der Waals surface area contributed by atoms with Crippen LogP contribution in [0.4, 0.5) is 10.6 Å². The van der Waals surface area contributed by atoms with Gasteiger partial charge in [0.1, 0.15) is 35.3 Å². The average Bonchev–Trinajstić information content (AvgIpc) is 3.46. The van der Waals surface area contributed by atoms with E-state index in [1.54, 1.807) is 11.2 Å². The summed E-state index contributed by atoms with van der Waals surface area (Å²) in [4.78, 5) is 26.1. The fraction of sp³-hybridized carbons (Fsp3) is 0.520. The fourth-order valence-electron chi connectivity index (χ4n) is 4.79. The maximum absolute atomic E-state index is 12.6. The van der Waals surface area contributed by atoms with Crippen molar-refractivity contribution >= 4 is 22.9 Å². The molecule has 9 nitrogen and oxygen atoms in total. The number of rotatable bonds is 3. The number of aromatic nitrogens is 4. The molecule has 0 unspecified atom stereocenters. The van der Waals surface area contributed by atoms with E-state index in [9.17, 15) is 10.1 Å². The first kappa shape index (κ1) is 22.3. The second-order valence-corrected chi connectivity index (χ2v) is 10.3. The van der Waals surface area contributed by atoms with Gasteiger partial charge in [-0.05, 0) is 64.2 Å². The Balaban J connectivity index is 1.52. The van der Waals surface area contributed by atoms with Crippen LogP contribution in [0.15, 0.2) is 24.7 Å². The normalized spacial score (nSPS) is 18.9. The van der Waals surface area contributed by atoms with Gasteiger partial charge < -0.3 is 19.1 Å². The summed E-state index contributed by atoms with van der Waals surface area (Å²) >= 11 is 0. The first-order chi connectivity index (χ1) is 16.2. The molecule has 3 aromatic heterocycles. The molecular formula is C25H31N7O2. The molecule has 1 atom stereocenters. The zero-order valence-corrected chi connectivity index (χ0v) is 20.4. The third-order valence-corrected chi connectivity index (χ3v) is 6.62. The van der Waals surface area contributed by atoms with E-state index < -0.39 is 5.60 Å². The minimum Gasteiger partial charge on any atom is -0.444 e. The number of nitrogens with zero attached hydrogens (tertiary/aromatic N) is 7. The van der Waals surface area contributed by atoms with Crippen molar-refractivity contribution in [3.8, 4) is 11.9 Å². The number of ether oxygens (including phenoxy) is 1. The second-order valence-electron chi connectivity index (χ2n) is 10.3. The van der Waals surface area contributed by atoms with E-state index in [1.165, 1.54) is 5.56 Å². The van der Waals surface area contributed by atoms with Crippen molar-refractivity contribution in [1.82, 2.24) is 24.0 Å². The van der Waals surface area contributed by atoms with Crippen LogP contribution in [0.2, 0.25) is 0 Å². The van der Waals surface area contributed by atoms with Gasteiger partial charge in [0.25, 0.3) is 0 Å². The van der Waals surface area contributed by atoms with Gasteiger partial charge in [0.15, 0.2) is 5.65 Å². The molecule has 2 aliphatic rings. The van der Waals surface area contributed by atoms with E-state index in [1.807, 2.05) is 44.5 Å². The number of anilines is 1. The SMILES string of the molecule is C[C@H]1CN(C(=O)OC(C)(C)C)CCN1c1ncnc2c1c(C1CC1)cn2-c1ccc(C#N)n1C. The lowest BCUT2D eigenvalue weighted by atomic mass is 10.1. The van der Waals surface area contributed by atoms with Crippen LogP contribution in [0.25, 0.3) is 16.9 Å². The van der Waals surface area contributed by atoms with Gasteiger partial charge in [0.2, 0.25) is 0 Å². The quantitative estimate of drug-likeness (QED) is 0.586. The van der Waals surface area contributed by atoms with Crippen LogP contribution in [-0.2, 0) is 11.8 Å². The smallest absolute Gasteiger partial charge is 0.410 e. The Bertz CT molecular complexity index is 1290. The lowest BCUT2D eigenvalue weighted by Gasteiger charge is -2.41. The van der Waals surface area contributed by atoms with Crippen LogP contribution in [0.3, 0.4) is 0 Å². The highest BCUT2D eigenvalue weighted by molar-refractivity contribution is 5.93. The maximum Gasteiger partial charge on any atom is 0.410 e. The van der Waals surface area contributed by atoms with Gasteiger partial charge >= 0.3 is 6.09 Å². The Hall–Kier alpha value is -3.54. The minimum absolute atomic E-state index is 0.0787. The summed E-state index contributed by atoms with van der Waals surface area (Å²) < 4.78 is 9.55. The van der Waals surface area contributed by atoms with Gasteiger partial charge in [0, 0.05) is 38.9 Å². The lowest BCUT2D eigenvalue weighted by molar-refractivity contribution is 0.0218. The van der Waals surface area contributed by atoms with Crippen molar-refractivity contribution in [2.24, 2.45) is 7.05 Å². The summed E-state index contributed by atoms with van der Waals surface area (Å²) in [5, 5.41) is 10.5. The zero-order chi connectivity index (χ0) is 24.2. The molecule has 178 valence electrons. The zero-order valence-electron chi connectivity index (χ0n) is 20.4. The van der Waals surface area contributed by atoms with Crippen molar-refractivity contribution in [3.05, 3.63) is 35.9 Å². The molecule has 4 heterocycles. The Kier molecular flexibility index (Phi) is 5.27. The molecule has 1 saturated heterocycles. The molecule has 0 radical (unpaired) electrons. The van der Waals surface area contributed by atoms with E-state index in [0.29, 0.717) is 31.2 Å². The standard InChI is InChI=1S/C25H31N7O2/c1-16-13-30(24(33)34-25(2,3)4)10-11-31(16)22-21-19(17-6-7-17)14-32(23(21)28-15-27-22)20-9-8-18(12-26)29(20)5/h8-9,14-17H,6-7,10-11,13H2,1-5H3/t16-/m0/s1. The van der Waals surface area contributed by atoms with Crippen molar-refractivity contribution in [2.75, 3.05) is 24.5 Å². The van der Waals surface area contributed by atoms with Crippen LogP contribution in [0, 0.1) is 11.3 Å². The summed E-state index contributed by atoms with van der Waals surface area (Å²) in [6.07, 6.45) is 5.83. The van der Waals surface area contributed by atoms with E-state index >= 15 is 0 Å². The number of fused-ring (bicyclic) bond motifs is 1. The van der Waals surface area contributed by atoms with E-state index in [2.05, 4.69) is 33.6 Å². The summed E-state index contributed by atoms with van der Waals surface area (Å²) in [7, 11) is 1.90. The number of piperazine rings is 1. The van der Waals surface area contributed by atoms with Crippen molar-refractivity contribution in [3.63, 3.8) is 0 Å². The molecule has 9 heteroatoms. The minimum atomic E-state index is -0.513. The third kappa shape index (κ3) is 3.87. The molecule has 1 saturated carbocycles. The molecular weight excluding hydrogens is 430 g/mol. The summed E-state index contributed by atoms with van der Waals surface area (Å²) in [6, 6.07) is 6.10. The monoisotopic (exact) mass is 461 g/mol. The van der Waals surface area contributed by atoms with Crippen LogP contribution in [0.5, 0.6) is 0 Å². The average molecular weight is 462 g/mol. The van der Waals surface area contributed by atoms with Crippen LogP contribution >= 0.6 is 0 Å². The van der Waals surface area contributed by atoms with Crippen LogP contribution in [-0.4, -0.2) is 61.4 Å². The number of carbonyl (C=O) groups excluding carboxylic acids is 1. The molecule has 2 fully saturated rings. The summed E-state index contributed by atoms with van der Waals surface area (Å²) in [6.45, 7) is 9.60. The van der Waals surface area contributed by atoms with Gasteiger partial charge in [0.05, 0.1) is 5.39 Å². The highest BCUT2D eigenvalue weighted by Crippen LogP contribution is 2.46. The van der Waals surface area contributed by atoms with E-state index in [4.69, 9.17) is 9.72 Å². The lowest BCUT2D eigenvalue weighted by Crippen LogP contribution is -2.54. The highest BCUT2D eigenvalue weighted by atomic mass is 16.6. The van der Waals surface area contributed by atoms with Crippen LogP contribution in [0.1, 0.15) is 57.7 Å². The van der Waals surface area contributed by atoms with Crippen LogP contribution < -0.4 is 4.90 Å². The first-order valence-electron chi connectivity index (χ1n) is 11.8. The number of hydrogen-bond acceptors (Lipinski definition) is 6. The molecule has 0 N–H and O–H groups in total. The highest BCUT2D eigenvalue weighted by Gasteiger charge is 2.35. The number of carbonyl (C=O) groups is 1. The van der Waals surface area contributed by atoms with E-state index in [0.717, 1.165) is 35.5 Å². The van der Waals surface area contributed by atoms with Gasteiger partial charge in [-0.15, -0.1) is 0 Å². The fourth-order valence-corrected chi connectivity index (χ4v) is 4.79. The number of nitriles is 1. The summed E-state index contributed by atoms with van der Waals surface area (Å²) in [5.41, 5.74) is 2.19.